The number of hydrogen-bond donors (Lipinski definition) is 0. The number of rotatable bonds is 4. The molecule has 0 radical (unpaired) electrons. The summed E-state index contributed by atoms with van der Waals surface area (Å²) in [5.41, 5.74) is 3.74. The van der Waals surface area contributed by atoms with Gasteiger partial charge in [0.05, 0.1) is 5.56 Å². The zero-order chi connectivity index (χ0) is 16.3. The zero-order valence-electron chi connectivity index (χ0n) is 12.9. The normalized spacial score (nSPS) is 10.4. The minimum atomic E-state index is -0.818. The van der Waals surface area contributed by atoms with Crippen molar-refractivity contribution in [2.24, 2.45) is 0 Å². The number of halogens is 2. The first-order chi connectivity index (χ1) is 10.4. The highest BCUT2D eigenvalue weighted by Crippen LogP contribution is 2.20. The summed E-state index contributed by atoms with van der Waals surface area (Å²) in [5.74, 6) is -2.19. The summed E-state index contributed by atoms with van der Waals surface area (Å²) in [6.07, 6.45) is -0.0218. The van der Waals surface area contributed by atoms with Gasteiger partial charge in [-0.25, -0.2) is 8.78 Å². The number of carbonyl (C=O) groups excluding carboxylic acids is 1. The molecule has 22 heavy (non-hydrogen) atoms. The van der Waals surface area contributed by atoms with Gasteiger partial charge < -0.3 is 0 Å². The van der Waals surface area contributed by atoms with E-state index >= 15 is 0 Å². The lowest BCUT2D eigenvalue weighted by Gasteiger charge is -2.07. The zero-order valence-corrected chi connectivity index (χ0v) is 12.9. The van der Waals surface area contributed by atoms with Crippen LogP contribution in [-0.2, 0) is 6.42 Å². The average Bonchev–Trinajstić information content (AvgIpc) is 2.47. The fourth-order valence-corrected chi connectivity index (χ4v) is 2.20. The molecule has 0 N–H and O–H groups in total. The lowest BCUT2D eigenvalue weighted by Crippen LogP contribution is -2.09. The van der Waals surface area contributed by atoms with Gasteiger partial charge in [-0.1, -0.05) is 35.9 Å². The molecule has 0 heterocycles. The fraction of sp³-hybridized carbons (Fsp3) is 0.211. The average molecular weight is 300 g/mol. The van der Waals surface area contributed by atoms with Crippen molar-refractivity contribution in [1.29, 1.82) is 0 Å². The Bertz CT molecular complexity index is 703. The molecule has 3 heteroatoms. The van der Waals surface area contributed by atoms with Crippen LogP contribution in [0.5, 0.6) is 0 Å². The van der Waals surface area contributed by atoms with Crippen LogP contribution in [0.1, 0.15) is 42.3 Å². The molecule has 0 aromatic heterocycles. The van der Waals surface area contributed by atoms with E-state index in [4.69, 9.17) is 0 Å². The number of carbonyl (C=O) groups is 1. The van der Waals surface area contributed by atoms with Crippen molar-refractivity contribution in [2.75, 3.05) is 0 Å². The van der Waals surface area contributed by atoms with Crippen molar-refractivity contribution < 1.29 is 13.6 Å². The number of Topliss-reactive ketones (excluding diaryl/α,β-unsaturated/α-hetero) is 1. The highest BCUT2D eigenvalue weighted by Gasteiger charge is 2.17. The van der Waals surface area contributed by atoms with Crippen LogP contribution in [-0.4, -0.2) is 5.78 Å². The van der Waals surface area contributed by atoms with Gasteiger partial charge in [-0.05, 0) is 49.6 Å². The summed E-state index contributed by atoms with van der Waals surface area (Å²) < 4.78 is 27.2. The van der Waals surface area contributed by atoms with Crippen molar-refractivity contribution in [2.45, 2.75) is 27.2 Å². The lowest BCUT2D eigenvalue weighted by atomic mass is 9.98. The molecule has 2 rings (SSSR count). The Kier molecular flexibility index (Phi) is 4.86. The summed E-state index contributed by atoms with van der Waals surface area (Å²) in [7, 11) is 0. The minimum Gasteiger partial charge on any atom is -0.294 e. The molecule has 0 amide bonds. The highest BCUT2D eigenvalue weighted by molar-refractivity contribution is 5.98. The van der Waals surface area contributed by atoms with E-state index in [1.807, 2.05) is 45.0 Å². The Morgan fingerprint density at radius 3 is 1.95 bits per heavy atom. The monoisotopic (exact) mass is 300 g/mol. The van der Waals surface area contributed by atoms with Crippen molar-refractivity contribution in [3.63, 3.8) is 0 Å². The van der Waals surface area contributed by atoms with Crippen LogP contribution in [0.2, 0.25) is 0 Å². The Morgan fingerprint density at radius 2 is 1.45 bits per heavy atom. The lowest BCUT2D eigenvalue weighted by molar-refractivity contribution is 0.0985. The third kappa shape index (κ3) is 3.48. The summed E-state index contributed by atoms with van der Waals surface area (Å²) in [4.78, 5) is 12.1. The molecule has 0 saturated carbocycles. The van der Waals surface area contributed by atoms with Crippen molar-refractivity contribution in [3.05, 3.63) is 76.4 Å². The first-order valence-electron chi connectivity index (χ1n) is 7.10. The van der Waals surface area contributed by atoms with E-state index < -0.39 is 23.0 Å². The van der Waals surface area contributed by atoms with Crippen molar-refractivity contribution in [1.82, 2.24) is 0 Å². The maximum atomic E-state index is 13.6. The molecule has 2 aromatic rings. The van der Waals surface area contributed by atoms with E-state index in [1.165, 1.54) is 17.2 Å². The van der Waals surface area contributed by atoms with Gasteiger partial charge in [0.15, 0.2) is 5.78 Å². The maximum Gasteiger partial charge on any atom is 0.173 e. The predicted molar refractivity (Wildman–Crippen MR) is 84.8 cm³/mol. The predicted octanol–water partition coefficient (Wildman–Crippen LogP) is 5.20. The van der Waals surface area contributed by atoms with Crippen LogP contribution in [0, 0.1) is 11.6 Å². The van der Waals surface area contributed by atoms with E-state index in [-0.39, 0.29) is 6.42 Å². The van der Waals surface area contributed by atoms with Gasteiger partial charge in [-0.3, -0.25) is 4.79 Å². The molecule has 114 valence electrons. The van der Waals surface area contributed by atoms with E-state index in [0.29, 0.717) is 0 Å². The van der Waals surface area contributed by atoms with E-state index in [0.717, 1.165) is 23.3 Å². The van der Waals surface area contributed by atoms with Crippen LogP contribution in [0.15, 0.2) is 48.0 Å². The molecule has 1 nitrogen and oxygen atoms in total. The summed E-state index contributed by atoms with van der Waals surface area (Å²) in [6.45, 7) is 6.10. The number of allylic oxidation sites excluding steroid dienone is 2. The third-order valence-electron chi connectivity index (χ3n) is 3.74. The maximum absolute atomic E-state index is 13.6. The molecule has 0 bridgehead atoms. The molecule has 0 aliphatic carbocycles. The molecule has 0 atom stereocenters. The van der Waals surface area contributed by atoms with Crippen molar-refractivity contribution >= 4 is 11.4 Å². The first-order valence-corrected chi connectivity index (χ1v) is 7.10. The molecule has 0 spiro atoms. The van der Waals surface area contributed by atoms with E-state index in [1.54, 1.807) is 0 Å². The van der Waals surface area contributed by atoms with Crippen LogP contribution in [0.3, 0.4) is 0 Å². The Morgan fingerprint density at radius 1 is 0.909 bits per heavy atom. The molecule has 0 aliphatic rings. The first kappa shape index (κ1) is 16.1. The quantitative estimate of drug-likeness (QED) is 0.709. The Hall–Kier alpha value is -2.29. The number of hydrogen-bond acceptors (Lipinski definition) is 1. The number of ketones is 1. The Balaban J connectivity index is 2.21. The summed E-state index contributed by atoms with van der Waals surface area (Å²) >= 11 is 0. The van der Waals surface area contributed by atoms with Gasteiger partial charge in [-0.2, -0.15) is 0 Å². The molecule has 2 aromatic carbocycles. The largest absolute Gasteiger partial charge is 0.294 e. The molecular formula is C19H18F2O. The van der Waals surface area contributed by atoms with E-state index in [2.05, 4.69) is 0 Å². The third-order valence-corrected chi connectivity index (χ3v) is 3.74. The second kappa shape index (κ2) is 6.65. The summed E-state index contributed by atoms with van der Waals surface area (Å²) in [5, 5.41) is 0. The highest BCUT2D eigenvalue weighted by atomic mass is 19.1. The molecule has 0 aliphatic heterocycles. The van der Waals surface area contributed by atoms with Crippen LogP contribution < -0.4 is 0 Å². The van der Waals surface area contributed by atoms with E-state index in [9.17, 15) is 13.6 Å². The Labute approximate surface area is 129 Å². The van der Waals surface area contributed by atoms with Gasteiger partial charge in [0.25, 0.3) is 0 Å². The van der Waals surface area contributed by atoms with Gasteiger partial charge in [-0.15, -0.1) is 0 Å². The smallest absolute Gasteiger partial charge is 0.173 e. The molecule has 0 fully saturated rings. The minimum absolute atomic E-state index is 0.0218. The molecule has 0 saturated heterocycles. The second-order valence-electron chi connectivity index (χ2n) is 5.52. The molecule has 0 unspecified atom stereocenters. The summed E-state index contributed by atoms with van der Waals surface area (Å²) in [6, 6.07) is 10.9. The second-order valence-corrected chi connectivity index (χ2v) is 5.52. The van der Waals surface area contributed by atoms with Crippen LogP contribution >= 0.6 is 0 Å². The standard InChI is InChI=1S/C19H18F2O/c1-12(2)13(3)15-9-7-14(8-10-15)11-18(22)19-16(20)5-4-6-17(19)21/h4-10H,11H2,1-3H3. The SMILES string of the molecule is CC(C)=C(C)c1ccc(CC(=O)c2c(F)cccc2F)cc1. The van der Waals surface area contributed by atoms with Gasteiger partial charge in [0.1, 0.15) is 11.6 Å². The molecular weight excluding hydrogens is 282 g/mol. The topological polar surface area (TPSA) is 17.1 Å². The van der Waals surface area contributed by atoms with Gasteiger partial charge in [0, 0.05) is 6.42 Å². The van der Waals surface area contributed by atoms with Crippen molar-refractivity contribution in [3.8, 4) is 0 Å². The fourth-order valence-electron chi connectivity index (χ4n) is 2.20. The van der Waals surface area contributed by atoms with Gasteiger partial charge in [0.2, 0.25) is 0 Å². The van der Waals surface area contributed by atoms with Crippen LogP contribution in [0.4, 0.5) is 8.78 Å². The van der Waals surface area contributed by atoms with Gasteiger partial charge >= 0.3 is 0 Å². The van der Waals surface area contributed by atoms with Crippen LogP contribution in [0.25, 0.3) is 5.57 Å². The number of benzene rings is 2.